The lowest BCUT2D eigenvalue weighted by molar-refractivity contribution is -0.149. The molecular formula is C25H30F5N7O3. The third-order valence-corrected chi connectivity index (χ3v) is 7.23. The molecule has 0 spiro atoms. The standard InChI is InChI=1S/C25H30F5N7O3/c1-13(2)20(31)16(12-38)22(39)35-21(15-3-5-24(26,27)6-4-15)17-10-37-19(33-17)7-14(8-32-37)9-36-11-18(25(28,29)30)34-23(36)40/h7-8,10,12-13,15,18,21,31,38H,3-6,9,11H2,1-2H3,(H,34,40)(H,35,39)/b16-12+,31-20?/t18-,21-/m0/s1. The molecule has 1 aliphatic carbocycles. The van der Waals surface area contributed by atoms with Gasteiger partial charge in [0, 0.05) is 25.1 Å². The number of aliphatic hydroxyl groups is 1. The van der Waals surface area contributed by atoms with Crippen LogP contribution in [-0.4, -0.2) is 66.9 Å². The second kappa shape index (κ2) is 11.0. The zero-order chi connectivity index (χ0) is 29.4. The molecule has 0 radical (unpaired) electrons. The molecule has 2 atom stereocenters. The van der Waals surface area contributed by atoms with Crippen LogP contribution in [0.25, 0.3) is 5.65 Å². The zero-order valence-electron chi connectivity index (χ0n) is 21.8. The number of urea groups is 1. The summed E-state index contributed by atoms with van der Waals surface area (Å²) < 4.78 is 68.2. The number of carbonyl (C=O) groups is 2. The molecule has 218 valence electrons. The smallest absolute Gasteiger partial charge is 0.410 e. The summed E-state index contributed by atoms with van der Waals surface area (Å²) >= 11 is 0. The van der Waals surface area contributed by atoms with Crippen LogP contribution in [0.5, 0.6) is 0 Å². The van der Waals surface area contributed by atoms with Crippen molar-refractivity contribution in [2.24, 2.45) is 11.8 Å². The Balaban J connectivity index is 1.59. The quantitative estimate of drug-likeness (QED) is 0.162. The molecule has 15 heteroatoms. The van der Waals surface area contributed by atoms with Crippen molar-refractivity contribution in [3.8, 4) is 0 Å². The molecule has 10 nitrogen and oxygen atoms in total. The van der Waals surface area contributed by atoms with Crippen LogP contribution in [0, 0.1) is 17.2 Å². The number of hydrogen-bond donors (Lipinski definition) is 4. The topological polar surface area (TPSA) is 136 Å². The maximum atomic E-state index is 13.9. The summed E-state index contributed by atoms with van der Waals surface area (Å²) in [7, 11) is 0. The van der Waals surface area contributed by atoms with Gasteiger partial charge in [-0.1, -0.05) is 13.8 Å². The van der Waals surface area contributed by atoms with Crippen molar-refractivity contribution in [1.29, 1.82) is 5.41 Å². The predicted octanol–water partition coefficient (Wildman–Crippen LogP) is 4.29. The fourth-order valence-electron chi connectivity index (χ4n) is 4.91. The Morgan fingerprint density at radius 1 is 1.32 bits per heavy atom. The highest BCUT2D eigenvalue weighted by Gasteiger charge is 2.47. The summed E-state index contributed by atoms with van der Waals surface area (Å²) in [5.41, 5.74) is 0.627. The number of nitrogens with zero attached hydrogens (tertiary/aromatic N) is 4. The van der Waals surface area contributed by atoms with Gasteiger partial charge in [-0.3, -0.25) is 4.79 Å². The maximum Gasteiger partial charge on any atom is 0.410 e. The minimum atomic E-state index is -4.58. The largest absolute Gasteiger partial charge is 0.515 e. The van der Waals surface area contributed by atoms with Crippen LogP contribution in [0.4, 0.5) is 26.7 Å². The summed E-state index contributed by atoms with van der Waals surface area (Å²) in [4.78, 5) is 30.6. The summed E-state index contributed by atoms with van der Waals surface area (Å²) in [6, 6.07) is -2.15. The fourth-order valence-corrected chi connectivity index (χ4v) is 4.91. The summed E-state index contributed by atoms with van der Waals surface area (Å²) in [5.74, 6) is -4.36. The van der Waals surface area contributed by atoms with E-state index in [2.05, 4.69) is 15.4 Å². The van der Waals surface area contributed by atoms with Gasteiger partial charge in [0.1, 0.15) is 6.04 Å². The lowest BCUT2D eigenvalue weighted by Gasteiger charge is -2.33. The minimum Gasteiger partial charge on any atom is -0.515 e. The van der Waals surface area contributed by atoms with Crippen molar-refractivity contribution in [3.63, 3.8) is 0 Å². The average Bonchev–Trinajstić information content (AvgIpc) is 3.46. The van der Waals surface area contributed by atoms with E-state index in [1.807, 2.05) is 5.32 Å². The van der Waals surface area contributed by atoms with E-state index in [1.165, 1.54) is 23.0 Å². The number of aromatic nitrogens is 3. The number of imidazole rings is 1. The highest BCUT2D eigenvalue weighted by molar-refractivity contribution is 6.20. The van der Waals surface area contributed by atoms with Crippen LogP contribution in [0.15, 0.2) is 30.3 Å². The number of amides is 3. The third-order valence-electron chi connectivity index (χ3n) is 7.23. The summed E-state index contributed by atoms with van der Waals surface area (Å²) in [6.45, 7) is 2.66. The zero-order valence-corrected chi connectivity index (χ0v) is 21.8. The molecule has 4 rings (SSSR count). The second-order valence-electron chi connectivity index (χ2n) is 10.5. The highest BCUT2D eigenvalue weighted by Crippen LogP contribution is 2.41. The number of nitrogens with one attached hydrogen (secondary N) is 3. The Hall–Kier alpha value is -3.78. The normalized spacial score (nSPS) is 21.1. The molecule has 2 aromatic rings. The molecule has 1 saturated heterocycles. The average molecular weight is 572 g/mol. The monoisotopic (exact) mass is 571 g/mol. The van der Waals surface area contributed by atoms with E-state index < -0.39 is 48.6 Å². The van der Waals surface area contributed by atoms with Crippen LogP contribution in [-0.2, 0) is 11.3 Å². The van der Waals surface area contributed by atoms with Crippen molar-refractivity contribution in [2.75, 3.05) is 6.54 Å². The van der Waals surface area contributed by atoms with Gasteiger partial charge >= 0.3 is 12.2 Å². The molecule has 1 saturated carbocycles. The van der Waals surface area contributed by atoms with E-state index in [9.17, 15) is 36.6 Å². The van der Waals surface area contributed by atoms with Gasteiger partial charge in [-0.05, 0) is 36.3 Å². The van der Waals surface area contributed by atoms with E-state index >= 15 is 0 Å². The lowest BCUT2D eigenvalue weighted by atomic mass is 9.81. The number of hydrogen-bond acceptors (Lipinski definition) is 6. The first-order chi connectivity index (χ1) is 18.7. The molecule has 3 amide bonds. The molecule has 0 aromatic carbocycles. The van der Waals surface area contributed by atoms with Crippen molar-refractivity contribution in [2.45, 2.75) is 70.3 Å². The van der Waals surface area contributed by atoms with Crippen molar-refractivity contribution >= 4 is 23.3 Å². The van der Waals surface area contributed by atoms with E-state index in [0.717, 1.165) is 4.90 Å². The van der Waals surface area contributed by atoms with Gasteiger partial charge in [0.25, 0.3) is 5.91 Å². The van der Waals surface area contributed by atoms with Crippen LogP contribution >= 0.6 is 0 Å². The molecule has 3 heterocycles. The number of fused-ring (bicyclic) bond motifs is 1. The predicted molar refractivity (Wildman–Crippen MR) is 133 cm³/mol. The molecule has 1 aliphatic heterocycles. The first-order valence-electron chi connectivity index (χ1n) is 12.8. The first-order valence-corrected chi connectivity index (χ1v) is 12.8. The Morgan fingerprint density at radius 3 is 2.58 bits per heavy atom. The van der Waals surface area contributed by atoms with Gasteiger partial charge in [-0.15, -0.1) is 0 Å². The van der Waals surface area contributed by atoms with Gasteiger partial charge in [0.15, 0.2) is 5.65 Å². The van der Waals surface area contributed by atoms with E-state index in [1.54, 1.807) is 13.8 Å². The minimum absolute atomic E-state index is 0.0920. The number of alkyl halides is 5. The SMILES string of the molecule is CC(C)C(=N)/C(=C\O)C(=O)N[C@H](c1cn2ncc(CN3C[C@@H](C(F)(F)F)NC3=O)cc2n1)C1CCC(F)(F)CC1. The molecule has 4 N–H and O–H groups in total. The Kier molecular flexibility index (Phi) is 8.04. The van der Waals surface area contributed by atoms with E-state index in [-0.39, 0.29) is 55.1 Å². The van der Waals surface area contributed by atoms with Gasteiger partial charge in [0.05, 0.1) is 42.5 Å². The second-order valence-corrected chi connectivity index (χ2v) is 10.5. The maximum absolute atomic E-state index is 13.9. The molecule has 2 fully saturated rings. The van der Waals surface area contributed by atoms with Gasteiger partial charge < -0.3 is 26.0 Å². The van der Waals surface area contributed by atoms with Crippen LogP contribution in [0.3, 0.4) is 0 Å². The van der Waals surface area contributed by atoms with Crippen LogP contribution in [0.2, 0.25) is 0 Å². The molecule has 40 heavy (non-hydrogen) atoms. The summed E-state index contributed by atoms with van der Waals surface area (Å²) in [5, 5.41) is 26.6. The molecule has 0 bridgehead atoms. The molecule has 2 aliphatic rings. The van der Waals surface area contributed by atoms with Crippen LogP contribution in [0.1, 0.15) is 56.8 Å². The van der Waals surface area contributed by atoms with Gasteiger partial charge in [0.2, 0.25) is 5.92 Å². The highest BCUT2D eigenvalue weighted by atomic mass is 19.4. The molecular weight excluding hydrogens is 541 g/mol. The number of aliphatic hydroxyl groups excluding tert-OH is 1. The Bertz CT molecular complexity index is 1310. The third kappa shape index (κ3) is 6.33. The Morgan fingerprint density at radius 2 is 2.00 bits per heavy atom. The van der Waals surface area contributed by atoms with E-state index in [4.69, 9.17) is 5.41 Å². The van der Waals surface area contributed by atoms with Crippen molar-refractivity contribution in [1.82, 2.24) is 30.1 Å². The van der Waals surface area contributed by atoms with Crippen molar-refractivity contribution < 1.29 is 36.6 Å². The van der Waals surface area contributed by atoms with Crippen LogP contribution < -0.4 is 10.6 Å². The summed E-state index contributed by atoms with van der Waals surface area (Å²) in [6.07, 6.45) is -1.72. The Labute approximate surface area is 226 Å². The fraction of sp³-hybridized carbons (Fsp3) is 0.560. The number of carbonyl (C=O) groups excluding carboxylic acids is 2. The van der Waals surface area contributed by atoms with Gasteiger partial charge in [-0.2, -0.15) is 18.3 Å². The molecule has 2 aromatic heterocycles. The molecule has 0 unspecified atom stereocenters. The number of rotatable bonds is 8. The van der Waals surface area contributed by atoms with Gasteiger partial charge in [-0.25, -0.2) is 23.1 Å². The lowest BCUT2D eigenvalue weighted by Crippen LogP contribution is -2.40. The van der Waals surface area contributed by atoms with Crippen molar-refractivity contribution in [3.05, 3.63) is 41.6 Å². The first kappa shape index (κ1) is 29.2. The van der Waals surface area contributed by atoms with E-state index in [0.29, 0.717) is 17.5 Å². The number of halogens is 5.